The Balaban J connectivity index is 0.926. The summed E-state index contributed by atoms with van der Waals surface area (Å²) < 4.78 is 4.26. The molecule has 0 amide bonds. The van der Waals surface area contributed by atoms with Gasteiger partial charge in [0.15, 0.2) is 10.9 Å². The van der Waals surface area contributed by atoms with Crippen LogP contribution in [0.3, 0.4) is 0 Å². The molecule has 4 heteroatoms. The van der Waals surface area contributed by atoms with E-state index in [-0.39, 0.29) is 10.9 Å². The second-order valence-electron chi connectivity index (χ2n) is 22.5. The van der Waals surface area contributed by atoms with Gasteiger partial charge < -0.3 is 9.13 Å². The molecule has 15 aromatic carbocycles. The Bertz CT molecular complexity index is 5480. The van der Waals surface area contributed by atoms with Crippen molar-refractivity contribution in [3.8, 4) is 44.5 Å². The van der Waals surface area contributed by atoms with Crippen LogP contribution in [0.4, 0.5) is 0 Å². The lowest BCUT2D eigenvalue weighted by Gasteiger charge is -2.19. The molecule has 0 atom stereocenters. The number of pyridine rings is 2. The first-order chi connectivity index (χ1) is 40.2. The normalized spacial score (nSPS) is 12.1. The van der Waals surface area contributed by atoms with Gasteiger partial charge in [0.25, 0.3) is 0 Å². The van der Waals surface area contributed by atoms with Crippen molar-refractivity contribution in [1.82, 2.24) is 9.13 Å². The Hall–Kier alpha value is -10.7. The van der Waals surface area contributed by atoms with Gasteiger partial charge in [0, 0.05) is 24.9 Å². The maximum absolute atomic E-state index is 15.9. The number of aromatic nitrogens is 2. The topological polar surface area (TPSA) is 44.0 Å². The van der Waals surface area contributed by atoms with Crippen molar-refractivity contribution in [2.75, 3.05) is 0 Å². The molecule has 0 saturated heterocycles. The van der Waals surface area contributed by atoms with Gasteiger partial charge in [-0.3, -0.25) is 9.59 Å². The third-order valence-corrected chi connectivity index (χ3v) is 17.8. The van der Waals surface area contributed by atoms with Crippen LogP contribution in [-0.2, 0) is 14.1 Å². The average Bonchev–Trinajstić information content (AvgIpc) is 3.37. The van der Waals surface area contributed by atoms with Gasteiger partial charge in [0.1, 0.15) is 0 Å². The van der Waals surface area contributed by atoms with Gasteiger partial charge in [-0.2, -0.15) is 0 Å². The van der Waals surface area contributed by atoms with E-state index < -0.39 is 0 Å². The molecule has 0 saturated carbocycles. The highest BCUT2D eigenvalue weighted by Crippen LogP contribution is 2.41. The fraction of sp³-hybridized carbons (Fsp3) is 0.0256. The first-order valence-electron chi connectivity index (χ1n) is 28.0. The lowest BCUT2D eigenvalue weighted by molar-refractivity contribution is 0.994. The molecule has 0 radical (unpaired) electrons. The van der Waals surface area contributed by atoms with Crippen LogP contribution in [0.2, 0.25) is 0 Å². The fourth-order valence-electron chi connectivity index (χ4n) is 13.5. The van der Waals surface area contributed by atoms with Crippen molar-refractivity contribution in [3.05, 3.63) is 275 Å². The highest BCUT2D eigenvalue weighted by molar-refractivity contribution is 6.13. The second kappa shape index (κ2) is 17.4. The predicted molar refractivity (Wildman–Crippen MR) is 349 cm³/mol. The van der Waals surface area contributed by atoms with Crippen LogP contribution in [-0.4, -0.2) is 9.13 Å². The predicted octanol–water partition coefficient (Wildman–Crippen LogP) is 19.6. The van der Waals surface area contributed by atoms with Gasteiger partial charge in [-0.25, -0.2) is 0 Å². The lowest BCUT2D eigenvalue weighted by Crippen LogP contribution is -2.14. The molecule has 4 nitrogen and oxygen atoms in total. The highest BCUT2D eigenvalue weighted by atomic mass is 16.1. The summed E-state index contributed by atoms with van der Waals surface area (Å²) in [4.78, 5) is 31.8. The molecule has 0 bridgehead atoms. The Morgan fingerprint density at radius 1 is 0.220 bits per heavy atom. The Kier molecular flexibility index (Phi) is 9.82. The number of aryl methyl sites for hydroxylation is 2. The molecule has 82 heavy (non-hydrogen) atoms. The zero-order valence-electron chi connectivity index (χ0n) is 45.0. The number of rotatable bonds is 4. The van der Waals surface area contributed by atoms with Crippen molar-refractivity contribution in [2.24, 2.45) is 14.1 Å². The number of benzene rings is 15. The van der Waals surface area contributed by atoms with Crippen LogP contribution in [0.5, 0.6) is 0 Å². The van der Waals surface area contributed by atoms with Crippen molar-refractivity contribution in [1.29, 1.82) is 0 Å². The zero-order chi connectivity index (χ0) is 54.5. The summed E-state index contributed by atoms with van der Waals surface area (Å²) in [7, 11) is 4.08. The first kappa shape index (κ1) is 46.3. The van der Waals surface area contributed by atoms with Crippen molar-refractivity contribution >= 4 is 130 Å². The number of fused-ring (bicyclic) bond motifs is 12. The largest absolute Gasteiger partial charge is 0.343 e. The summed E-state index contributed by atoms with van der Waals surface area (Å²) in [6.45, 7) is 0. The van der Waals surface area contributed by atoms with E-state index in [0.29, 0.717) is 32.6 Å². The van der Waals surface area contributed by atoms with Gasteiger partial charge in [0.2, 0.25) is 0 Å². The van der Waals surface area contributed by atoms with E-state index in [4.69, 9.17) is 0 Å². The molecule has 17 aromatic rings. The molecule has 0 N–H and O–H groups in total. The van der Waals surface area contributed by atoms with Crippen molar-refractivity contribution in [3.63, 3.8) is 0 Å². The van der Waals surface area contributed by atoms with E-state index in [1.54, 1.807) is 0 Å². The van der Waals surface area contributed by atoms with E-state index in [1.165, 1.54) is 43.1 Å². The minimum Gasteiger partial charge on any atom is -0.343 e. The average molecular weight is 1050 g/mol. The van der Waals surface area contributed by atoms with Crippen LogP contribution in [0.1, 0.15) is 0 Å². The monoisotopic (exact) mass is 1040 g/mol. The zero-order valence-corrected chi connectivity index (χ0v) is 45.0. The number of nitrogens with zero attached hydrogens (tertiary/aromatic N) is 2. The summed E-state index contributed by atoms with van der Waals surface area (Å²) in [5, 5.41) is 21.0. The summed E-state index contributed by atoms with van der Waals surface area (Å²) in [6.07, 6.45) is 0. The Morgan fingerprint density at radius 3 is 0.780 bits per heavy atom. The molecular weight excluding hydrogens is 997 g/mol. The van der Waals surface area contributed by atoms with E-state index >= 15 is 9.59 Å². The van der Waals surface area contributed by atoms with E-state index in [0.717, 1.165) is 98.6 Å². The van der Waals surface area contributed by atoms with Crippen LogP contribution in [0.15, 0.2) is 264 Å². The van der Waals surface area contributed by atoms with Gasteiger partial charge >= 0.3 is 0 Å². The second-order valence-corrected chi connectivity index (χ2v) is 22.5. The highest BCUT2D eigenvalue weighted by Gasteiger charge is 2.22. The Labute approximate surface area is 470 Å². The maximum Gasteiger partial charge on any atom is 0.197 e. The minimum absolute atomic E-state index is 0.0792. The van der Waals surface area contributed by atoms with Crippen LogP contribution < -0.4 is 10.9 Å². The Morgan fingerprint density at radius 2 is 0.476 bits per heavy atom. The number of hydrogen-bond acceptors (Lipinski definition) is 2. The molecule has 2 heterocycles. The minimum atomic E-state index is -0.0792. The standard InChI is InChI=1S/C78H48N2O2/c1-79-71-43-70-72(80(2)74-42-66(58-22-20-54-28-46-12-4-8-16-50(46)32-62(54)36-58)40-68(76(74)78(70)82)60-26-24-56-30-48-14-6-10-18-52(48)34-64(56)38-60)44-69(71)77(81)75-67(59-25-23-55-29-47-13-5-9-17-51(47)33-63(55)37-59)39-65(41-73(75)79)57-21-19-53-27-45-11-3-7-15-49(45)31-61(53)35-57/h3-44H,1-2H3. The molecule has 0 aliphatic heterocycles. The summed E-state index contributed by atoms with van der Waals surface area (Å²) >= 11 is 0. The van der Waals surface area contributed by atoms with Crippen molar-refractivity contribution in [2.45, 2.75) is 0 Å². The van der Waals surface area contributed by atoms with Gasteiger partial charge in [-0.05, 0) is 240 Å². The molecule has 0 spiro atoms. The maximum atomic E-state index is 15.9. The molecule has 382 valence electrons. The smallest absolute Gasteiger partial charge is 0.197 e. The van der Waals surface area contributed by atoms with E-state index in [9.17, 15) is 0 Å². The van der Waals surface area contributed by atoms with Gasteiger partial charge in [0.05, 0.1) is 32.8 Å². The SMILES string of the molecule is Cn1c2cc3c(=O)c4c(-c5ccc6cc7ccccc7cc6c5)cc(-c5ccc6cc7ccccc7cc6c5)cc4n(C)c3cc2c(=O)c2c(-c3ccc4cc5ccccc5cc4c3)cc(-c3ccc4cc5ccccc5cc4c3)cc21. The molecular formula is C78H48N2O2. The van der Waals surface area contributed by atoms with Crippen molar-refractivity contribution < 1.29 is 0 Å². The summed E-state index contributed by atoms with van der Waals surface area (Å²) in [5.74, 6) is 0. The molecule has 0 unspecified atom stereocenters. The first-order valence-corrected chi connectivity index (χ1v) is 28.0. The van der Waals surface area contributed by atoms with E-state index in [2.05, 4.69) is 252 Å². The molecule has 0 aliphatic carbocycles. The summed E-state index contributed by atoms with van der Waals surface area (Å²) in [5.41, 5.74) is 10.5. The third kappa shape index (κ3) is 7.11. The van der Waals surface area contributed by atoms with Crippen LogP contribution in [0, 0.1) is 0 Å². The quantitative estimate of drug-likeness (QED) is 0.165. The molecule has 0 fully saturated rings. The van der Waals surface area contributed by atoms with Gasteiger partial charge in [-0.1, -0.05) is 146 Å². The van der Waals surface area contributed by atoms with Gasteiger partial charge in [-0.15, -0.1) is 0 Å². The summed E-state index contributed by atoms with van der Waals surface area (Å²) in [6, 6.07) is 91.1. The van der Waals surface area contributed by atoms with Crippen LogP contribution in [0.25, 0.3) is 174 Å². The lowest BCUT2D eigenvalue weighted by atomic mass is 9.90. The number of hydrogen-bond donors (Lipinski definition) is 0. The molecule has 17 rings (SSSR count). The fourth-order valence-corrected chi connectivity index (χ4v) is 13.5. The van der Waals surface area contributed by atoms with Crippen LogP contribution >= 0.6 is 0 Å². The molecule has 2 aromatic heterocycles. The molecule has 0 aliphatic rings. The third-order valence-electron chi connectivity index (χ3n) is 17.8. The van der Waals surface area contributed by atoms with E-state index in [1.807, 2.05) is 26.2 Å².